The number of ether oxygens (including phenoxy) is 1. The van der Waals surface area contributed by atoms with E-state index in [0.717, 1.165) is 4.31 Å². The van der Waals surface area contributed by atoms with E-state index in [9.17, 15) is 13.2 Å². The molecule has 0 aromatic carbocycles. The molecule has 17 heavy (non-hydrogen) atoms. The van der Waals surface area contributed by atoms with Crippen molar-refractivity contribution >= 4 is 16.0 Å². The van der Waals surface area contributed by atoms with Crippen LogP contribution in [0.3, 0.4) is 0 Å². The quantitative estimate of drug-likeness (QED) is 0.618. The van der Waals surface area contributed by atoms with Gasteiger partial charge in [-0.25, -0.2) is 12.7 Å². The van der Waals surface area contributed by atoms with Crippen molar-refractivity contribution in [1.29, 1.82) is 5.26 Å². The number of carbonyl (C=O) groups excluding carboxylic acids is 1. The molecule has 6 nitrogen and oxygen atoms in total. The molecule has 0 aliphatic rings. The summed E-state index contributed by atoms with van der Waals surface area (Å²) >= 11 is 0. The highest BCUT2D eigenvalue weighted by Crippen LogP contribution is 2.05. The minimum absolute atomic E-state index is 0.127. The van der Waals surface area contributed by atoms with Crippen molar-refractivity contribution in [3.8, 4) is 6.07 Å². The molecule has 0 rings (SSSR count). The van der Waals surface area contributed by atoms with Gasteiger partial charge in [0.25, 0.3) is 0 Å². The van der Waals surface area contributed by atoms with Gasteiger partial charge in [-0.2, -0.15) is 5.26 Å². The van der Waals surface area contributed by atoms with Crippen molar-refractivity contribution in [3.63, 3.8) is 0 Å². The number of sulfonamides is 1. The Bertz CT molecular complexity index is 386. The number of rotatable bonds is 7. The van der Waals surface area contributed by atoms with Crippen LogP contribution in [-0.4, -0.2) is 44.6 Å². The van der Waals surface area contributed by atoms with E-state index in [4.69, 9.17) is 5.26 Å². The van der Waals surface area contributed by atoms with E-state index < -0.39 is 16.0 Å². The normalized spacial score (nSPS) is 13.1. The highest BCUT2D eigenvalue weighted by molar-refractivity contribution is 7.89. The summed E-state index contributed by atoms with van der Waals surface area (Å²) in [5.74, 6) is -1.20. The van der Waals surface area contributed by atoms with E-state index in [1.54, 1.807) is 13.8 Å². The van der Waals surface area contributed by atoms with Crippen LogP contribution in [0, 0.1) is 17.2 Å². The van der Waals surface area contributed by atoms with E-state index in [0.29, 0.717) is 0 Å². The number of carbonyl (C=O) groups is 1. The molecular formula is C10H18N2O4S. The zero-order valence-corrected chi connectivity index (χ0v) is 11.2. The molecule has 0 amide bonds. The van der Waals surface area contributed by atoms with Gasteiger partial charge in [-0.1, -0.05) is 0 Å². The lowest BCUT2D eigenvalue weighted by atomic mass is 10.2. The van der Waals surface area contributed by atoms with Gasteiger partial charge in [-0.15, -0.1) is 0 Å². The van der Waals surface area contributed by atoms with Crippen LogP contribution >= 0.6 is 0 Å². The summed E-state index contributed by atoms with van der Waals surface area (Å²) in [5, 5.41) is 8.59. The monoisotopic (exact) mass is 262 g/mol. The molecule has 0 aliphatic heterocycles. The van der Waals surface area contributed by atoms with Gasteiger partial charge in [0, 0.05) is 13.6 Å². The molecule has 0 saturated carbocycles. The minimum Gasteiger partial charge on any atom is -0.466 e. The Morgan fingerprint density at radius 1 is 1.53 bits per heavy atom. The number of hydrogen-bond acceptors (Lipinski definition) is 5. The average molecular weight is 262 g/mol. The topological polar surface area (TPSA) is 87.5 Å². The molecule has 0 N–H and O–H groups in total. The van der Waals surface area contributed by atoms with Gasteiger partial charge in [0.1, 0.15) is 0 Å². The maximum absolute atomic E-state index is 11.7. The predicted molar refractivity (Wildman–Crippen MR) is 62.4 cm³/mol. The van der Waals surface area contributed by atoms with Crippen molar-refractivity contribution in [1.82, 2.24) is 4.31 Å². The Hall–Kier alpha value is -1.13. The lowest BCUT2D eigenvalue weighted by molar-refractivity contribution is -0.142. The summed E-state index contributed by atoms with van der Waals surface area (Å²) in [5.41, 5.74) is 0. The Morgan fingerprint density at radius 3 is 2.59 bits per heavy atom. The molecule has 0 spiro atoms. The van der Waals surface area contributed by atoms with Gasteiger partial charge in [0.05, 0.1) is 30.8 Å². The first-order chi connectivity index (χ1) is 7.83. The van der Waals surface area contributed by atoms with Crippen molar-refractivity contribution < 1.29 is 17.9 Å². The fraction of sp³-hybridized carbons (Fsp3) is 0.800. The van der Waals surface area contributed by atoms with Crippen LogP contribution in [0.25, 0.3) is 0 Å². The van der Waals surface area contributed by atoms with Crippen LogP contribution in [0.4, 0.5) is 0 Å². The molecule has 0 aromatic rings. The second-order valence-electron chi connectivity index (χ2n) is 3.68. The van der Waals surface area contributed by atoms with Gasteiger partial charge >= 0.3 is 5.97 Å². The summed E-state index contributed by atoms with van der Waals surface area (Å²) in [6.07, 6.45) is -0.165. The highest BCUT2D eigenvalue weighted by Gasteiger charge is 2.21. The standard InChI is InChI=1S/C10H18N2O4S/c1-4-16-10(13)5-6-17(14,15)12(3)8-9(2)7-11/h9H,4-6,8H2,1-3H3. The molecule has 0 aliphatic carbocycles. The van der Waals surface area contributed by atoms with E-state index in [1.165, 1.54) is 7.05 Å². The lowest BCUT2D eigenvalue weighted by Crippen LogP contribution is -2.33. The minimum atomic E-state index is -3.50. The van der Waals surface area contributed by atoms with Crippen molar-refractivity contribution in [2.45, 2.75) is 20.3 Å². The van der Waals surface area contributed by atoms with Crippen molar-refractivity contribution in [2.75, 3.05) is 26.0 Å². The Labute approximate surface area is 102 Å². The molecule has 0 bridgehead atoms. The fourth-order valence-electron chi connectivity index (χ4n) is 1.14. The molecule has 0 aromatic heterocycles. The zero-order chi connectivity index (χ0) is 13.5. The molecule has 1 atom stereocenters. The van der Waals surface area contributed by atoms with E-state index >= 15 is 0 Å². The summed E-state index contributed by atoms with van der Waals surface area (Å²) in [6.45, 7) is 3.66. The van der Waals surface area contributed by atoms with Crippen LogP contribution in [0.1, 0.15) is 20.3 Å². The molecule has 0 fully saturated rings. The summed E-state index contributed by atoms with van der Waals surface area (Å²) in [6, 6.07) is 1.96. The first-order valence-corrected chi connectivity index (χ1v) is 6.93. The van der Waals surface area contributed by atoms with Crippen LogP contribution in [0.5, 0.6) is 0 Å². The van der Waals surface area contributed by atoms with Crippen LogP contribution in [-0.2, 0) is 19.6 Å². The number of nitriles is 1. The first-order valence-electron chi connectivity index (χ1n) is 5.32. The van der Waals surface area contributed by atoms with Gasteiger partial charge < -0.3 is 4.74 Å². The number of hydrogen-bond donors (Lipinski definition) is 0. The van der Waals surface area contributed by atoms with E-state index in [-0.39, 0.29) is 31.2 Å². The molecule has 0 radical (unpaired) electrons. The fourth-order valence-corrected chi connectivity index (χ4v) is 2.33. The maximum Gasteiger partial charge on any atom is 0.306 e. The van der Waals surface area contributed by atoms with E-state index in [1.807, 2.05) is 6.07 Å². The summed E-state index contributed by atoms with van der Waals surface area (Å²) in [4.78, 5) is 11.0. The van der Waals surface area contributed by atoms with Crippen molar-refractivity contribution in [2.24, 2.45) is 5.92 Å². The van der Waals surface area contributed by atoms with Gasteiger partial charge in [0.2, 0.25) is 10.0 Å². The van der Waals surface area contributed by atoms with Gasteiger partial charge in [-0.3, -0.25) is 4.79 Å². The SMILES string of the molecule is CCOC(=O)CCS(=O)(=O)N(C)CC(C)C#N. The van der Waals surface area contributed by atoms with Crippen LogP contribution in [0.15, 0.2) is 0 Å². The summed E-state index contributed by atoms with van der Waals surface area (Å²) < 4.78 is 29.1. The third-order valence-corrected chi connectivity index (χ3v) is 3.91. The Morgan fingerprint density at radius 2 is 2.12 bits per heavy atom. The second-order valence-corrected chi connectivity index (χ2v) is 5.88. The number of esters is 1. The third kappa shape index (κ3) is 6.24. The summed E-state index contributed by atoms with van der Waals surface area (Å²) in [7, 11) is -2.10. The Balaban J connectivity index is 4.29. The molecule has 7 heteroatoms. The zero-order valence-electron chi connectivity index (χ0n) is 10.3. The maximum atomic E-state index is 11.7. The van der Waals surface area contributed by atoms with Gasteiger partial charge in [-0.05, 0) is 13.8 Å². The molecule has 0 saturated heterocycles. The lowest BCUT2D eigenvalue weighted by Gasteiger charge is -2.17. The van der Waals surface area contributed by atoms with Crippen LogP contribution < -0.4 is 0 Å². The first kappa shape index (κ1) is 15.9. The molecule has 0 heterocycles. The number of nitrogens with zero attached hydrogens (tertiary/aromatic N) is 2. The third-order valence-electron chi connectivity index (χ3n) is 2.10. The largest absolute Gasteiger partial charge is 0.466 e. The van der Waals surface area contributed by atoms with Crippen LogP contribution in [0.2, 0.25) is 0 Å². The highest BCUT2D eigenvalue weighted by atomic mass is 32.2. The second kappa shape index (κ2) is 7.25. The molecule has 98 valence electrons. The van der Waals surface area contributed by atoms with Crippen molar-refractivity contribution in [3.05, 3.63) is 0 Å². The smallest absolute Gasteiger partial charge is 0.306 e. The predicted octanol–water partition coefficient (Wildman–Crippen LogP) is 0.361. The Kier molecular flexibility index (Phi) is 6.76. The average Bonchev–Trinajstić information content (AvgIpc) is 2.26. The molecule has 1 unspecified atom stereocenters. The van der Waals surface area contributed by atoms with E-state index in [2.05, 4.69) is 4.74 Å². The molecular weight excluding hydrogens is 244 g/mol. The van der Waals surface area contributed by atoms with Gasteiger partial charge in [0.15, 0.2) is 0 Å².